The lowest BCUT2D eigenvalue weighted by molar-refractivity contribution is 0.217. The smallest absolute Gasteiger partial charge is 0.105 e. The van der Waals surface area contributed by atoms with Gasteiger partial charge in [0.15, 0.2) is 0 Å². The molecule has 2 aliphatic heterocycles. The van der Waals surface area contributed by atoms with E-state index in [-0.39, 0.29) is 0 Å². The lowest BCUT2D eigenvalue weighted by atomic mass is 9.96. The van der Waals surface area contributed by atoms with Crippen molar-refractivity contribution in [3.05, 3.63) is 59.2 Å². The maximum absolute atomic E-state index is 10.8. The molecule has 4 rings (SSSR count). The summed E-state index contributed by atoms with van der Waals surface area (Å²) in [5, 5.41) is 10.8. The van der Waals surface area contributed by atoms with Gasteiger partial charge in [-0.2, -0.15) is 0 Å². The van der Waals surface area contributed by atoms with Crippen molar-refractivity contribution in [2.45, 2.75) is 29.6 Å². The van der Waals surface area contributed by atoms with Crippen LogP contribution in [0.4, 0.5) is 5.69 Å². The summed E-state index contributed by atoms with van der Waals surface area (Å²) in [7, 11) is 0. The van der Waals surface area contributed by atoms with Crippen LogP contribution in [0.25, 0.3) is 0 Å². The molecular formula is C18H19NOS. The predicted molar refractivity (Wildman–Crippen MR) is 88.0 cm³/mol. The van der Waals surface area contributed by atoms with Crippen molar-refractivity contribution in [2.24, 2.45) is 0 Å². The predicted octanol–water partition coefficient (Wildman–Crippen LogP) is 3.97. The van der Waals surface area contributed by atoms with Gasteiger partial charge in [-0.1, -0.05) is 30.3 Å². The maximum Gasteiger partial charge on any atom is 0.105 e. The zero-order valence-electron chi connectivity index (χ0n) is 12.0. The van der Waals surface area contributed by atoms with Crippen LogP contribution in [-0.2, 0) is 5.75 Å². The Morgan fingerprint density at radius 2 is 1.71 bits per heavy atom. The molecule has 0 aliphatic carbocycles. The Balaban J connectivity index is 1.82. The molecule has 0 spiro atoms. The van der Waals surface area contributed by atoms with Gasteiger partial charge < -0.3 is 10.0 Å². The largest absolute Gasteiger partial charge is 0.384 e. The highest BCUT2D eigenvalue weighted by Crippen LogP contribution is 2.42. The van der Waals surface area contributed by atoms with Crippen molar-refractivity contribution in [1.82, 2.24) is 0 Å². The van der Waals surface area contributed by atoms with Crippen molar-refractivity contribution >= 4 is 17.4 Å². The fourth-order valence-corrected chi connectivity index (χ4v) is 4.55. The van der Waals surface area contributed by atoms with Crippen molar-refractivity contribution in [3.8, 4) is 0 Å². The fourth-order valence-electron chi connectivity index (χ4n) is 3.42. The van der Waals surface area contributed by atoms with Crippen molar-refractivity contribution in [2.75, 3.05) is 18.0 Å². The normalized spacial score (nSPS) is 20.8. The number of aliphatic hydroxyl groups excluding tert-OH is 1. The first-order chi connectivity index (χ1) is 10.3. The van der Waals surface area contributed by atoms with E-state index < -0.39 is 6.10 Å². The molecule has 1 atom stereocenters. The molecule has 2 heterocycles. The van der Waals surface area contributed by atoms with Gasteiger partial charge in [0.2, 0.25) is 0 Å². The molecule has 0 amide bonds. The summed E-state index contributed by atoms with van der Waals surface area (Å²) in [6, 6.07) is 14.6. The second-order valence-electron chi connectivity index (χ2n) is 5.77. The second-order valence-corrected chi connectivity index (χ2v) is 6.79. The summed E-state index contributed by atoms with van der Waals surface area (Å²) >= 11 is 1.84. The van der Waals surface area contributed by atoms with Crippen LogP contribution < -0.4 is 4.90 Å². The van der Waals surface area contributed by atoms with Crippen LogP contribution in [0.3, 0.4) is 0 Å². The Hall–Kier alpha value is -1.45. The van der Waals surface area contributed by atoms with E-state index in [4.69, 9.17) is 0 Å². The first kappa shape index (κ1) is 13.2. The molecule has 0 saturated carbocycles. The monoisotopic (exact) mass is 297 g/mol. The molecule has 0 aromatic heterocycles. The molecule has 2 aromatic carbocycles. The van der Waals surface area contributed by atoms with E-state index in [0.717, 1.165) is 30.0 Å². The molecule has 1 saturated heterocycles. The van der Waals surface area contributed by atoms with E-state index in [1.165, 1.54) is 29.0 Å². The van der Waals surface area contributed by atoms with Gasteiger partial charge in [-0.25, -0.2) is 0 Å². The van der Waals surface area contributed by atoms with Gasteiger partial charge >= 0.3 is 0 Å². The van der Waals surface area contributed by atoms with Gasteiger partial charge in [0.25, 0.3) is 0 Å². The number of benzene rings is 2. The molecule has 2 aliphatic rings. The molecule has 2 nitrogen and oxygen atoms in total. The summed E-state index contributed by atoms with van der Waals surface area (Å²) in [4.78, 5) is 3.68. The van der Waals surface area contributed by atoms with Crippen LogP contribution in [0.2, 0.25) is 0 Å². The zero-order chi connectivity index (χ0) is 14.2. The number of anilines is 1. The molecule has 1 unspecified atom stereocenters. The highest BCUT2D eigenvalue weighted by Gasteiger charge is 2.25. The second kappa shape index (κ2) is 5.39. The number of nitrogens with zero attached hydrogens (tertiary/aromatic N) is 1. The van der Waals surface area contributed by atoms with E-state index in [0.29, 0.717) is 0 Å². The van der Waals surface area contributed by atoms with Crippen LogP contribution in [0.1, 0.15) is 35.6 Å². The standard InChI is InChI=1S/C18H19NOS/c20-18-13-7-5-8-16(19-10-3-4-11-19)15(13)12-21-17-9-2-1-6-14(17)18/h1-2,5-9,18,20H,3-4,10-12H2. The van der Waals surface area contributed by atoms with Crippen LogP contribution in [0.5, 0.6) is 0 Å². The van der Waals surface area contributed by atoms with Crippen molar-refractivity contribution in [1.29, 1.82) is 0 Å². The lowest BCUT2D eigenvalue weighted by Gasteiger charge is -2.23. The van der Waals surface area contributed by atoms with Crippen LogP contribution in [-0.4, -0.2) is 18.2 Å². The highest BCUT2D eigenvalue weighted by molar-refractivity contribution is 7.98. The topological polar surface area (TPSA) is 23.5 Å². The van der Waals surface area contributed by atoms with E-state index >= 15 is 0 Å². The van der Waals surface area contributed by atoms with E-state index in [2.05, 4.69) is 35.2 Å². The van der Waals surface area contributed by atoms with Crippen molar-refractivity contribution < 1.29 is 5.11 Å². The third-order valence-electron chi connectivity index (χ3n) is 4.51. The van der Waals surface area contributed by atoms with Crippen LogP contribution >= 0.6 is 11.8 Å². The molecule has 1 fully saturated rings. The minimum absolute atomic E-state index is 0.506. The summed E-state index contributed by atoms with van der Waals surface area (Å²) in [6.45, 7) is 2.29. The van der Waals surface area contributed by atoms with Crippen LogP contribution in [0, 0.1) is 0 Å². The third-order valence-corrected chi connectivity index (χ3v) is 5.63. The van der Waals surface area contributed by atoms with Gasteiger partial charge in [-0.05, 0) is 41.7 Å². The van der Waals surface area contributed by atoms with Gasteiger partial charge in [-0.3, -0.25) is 0 Å². The van der Waals surface area contributed by atoms with Crippen LogP contribution in [0.15, 0.2) is 47.4 Å². The quantitative estimate of drug-likeness (QED) is 0.861. The van der Waals surface area contributed by atoms with Gasteiger partial charge in [0, 0.05) is 29.4 Å². The number of hydrogen-bond donors (Lipinski definition) is 1. The molecule has 21 heavy (non-hydrogen) atoms. The number of fused-ring (bicyclic) bond motifs is 2. The van der Waals surface area contributed by atoms with E-state index in [1.54, 1.807) is 0 Å². The van der Waals surface area contributed by atoms with Gasteiger partial charge in [0.05, 0.1) is 0 Å². The Labute approximate surface area is 129 Å². The Morgan fingerprint density at radius 1 is 0.952 bits per heavy atom. The SMILES string of the molecule is OC1c2ccccc2SCc2c1cccc2N1CCCC1. The minimum Gasteiger partial charge on any atom is -0.384 e. The third kappa shape index (κ3) is 2.25. The minimum atomic E-state index is -0.506. The van der Waals surface area contributed by atoms with E-state index in [1.807, 2.05) is 23.9 Å². The number of thioether (sulfide) groups is 1. The first-order valence-corrected chi connectivity index (χ1v) is 8.59. The Morgan fingerprint density at radius 3 is 2.57 bits per heavy atom. The number of rotatable bonds is 1. The Kier molecular flexibility index (Phi) is 3.40. The Bertz CT molecular complexity index is 664. The summed E-state index contributed by atoms with van der Waals surface area (Å²) in [6.07, 6.45) is 2.05. The summed E-state index contributed by atoms with van der Waals surface area (Å²) in [5.41, 5.74) is 4.76. The summed E-state index contributed by atoms with van der Waals surface area (Å²) < 4.78 is 0. The molecular weight excluding hydrogens is 278 g/mol. The average molecular weight is 297 g/mol. The van der Waals surface area contributed by atoms with Gasteiger partial charge in [-0.15, -0.1) is 11.8 Å². The van der Waals surface area contributed by atoms with Gasteiger partial charge in [0.1, 0.15) is 6.10 Å². The fraction of sp³-hybridized carbons (Fsp3) is 0.333. The molecule has 3 heteroatoms. The highest BCUT2D eigenvalue weighted by atomic mass is 32.2. The first-order valence-electron chi connectivity index (χ1n) is 7.61. The maximum atomic E-state index is 10.8. The zero-order valence-corrected chi connectivity index (χ0v) is 12.8. The molecule has 1 N–H and O–H groups in total. The molecule has 108 valence electrons. The molecule has 2 aromatic rings. The number of hydrogen-bond acceptors (Lipinski definition) is 3. The molecule has 0 bridgehead atoms. The number of aliphatic hydroxyl groups is 1. The molecule has 0 radical (unpaired) electrons. The summed E-state index contributed by atoms with van der Waals surface area (Å²) in [5.74, 6) is 0.941. The average Bonchev–Trinajstić information content (AvgIpc) is 3.02. The lowest BCUT2D eigenvalue weighted by Crippen LogP contribution is -2.20. The van der Waals surface area contributed by atoms with Crippen molar-refractivity contribution in [3.63, 3.8) is 0 Å². The van der Waals surface area contributed by atoms with E-state index in [9.17, 15) is 5.11 Å².